The number of anilines is 1. The topological polar surface area (TPSA) is 75.3 Å². The maximum atomic E-state index is 12.2. The molecule has 0 saturated carbocycles. The van der Waals surface area contributed by atoms with Gasteiger partial charge in [0.05, 0.1) is 5.75 Å². The van der Waals surface area contributed by atoms with Gasteiger partial charge in [-0.1, -0.05) is 55.5 Å². The van der Waals surface area contributed by atoms with Crippen molar-refractivity contribution >= 4 is 33.8 Å². The summed E-state index contributed by atoms with van der Waals surface area (Å²) < 4.78 is 24.4. The largest absolute Gasteiger partial charge is 0.325 e. The van der Waals surface area contributed by atoms with Crippen LogP contribution in [-0.4, -0.2) is 32.4 Å². The Morgan fingerprint density at radius 2 is 1.67 bits per heavy atom. The Labute approximate surface area is 167 Å². The van der Waals surface area contributed by atoms with Gasteiger partial charge in [0.15, 0.2) is 9.84 Å². The number of carbonyl (C=O) groups excluding carboxylic acids is 1. The number of aryl methyl sites for hydroxylation is 1. The highest BCUT2D eigenvalue weighted by Gasteiger charge is 2.17. The van der Waals surface area contributed by atoms with E-state index in [2.05, 4.69) is 10.6 Å². The predicted molar refractivity (Wildman–Crippen MR) is 113 cm³/mol. The zero-order valence-electron chi connectivity index (χ0n) is 15.5. The van der Waals surface area contributed by atoms with Gasteiger partial charge in [-0.25, -0.2) is 8.42 Å². The Morgan fingerprint density at radius 1 is 1.00 bits per heavy atom. The van der Waals surface area contributed by atoms with Crippen molar-refractivity contribution in [2.75, 3.05) is 23.4 Å². The molecule has 2 rings (SSSR count). The summed E-state index contributed by atoms with van der Waals surface area (Å²) in [5.41, 5.74) is 2.69. The van der Waals surface area contributed by atoms with Crippen LogP contribution in [0, 0.1) is 0 Å². The average molecular weight is 411 g/mol. The molecule has 0 aliphatic rings. The molecule has 2 N–H and O–H groups in total. The van der Waals surface area contributed by atoms with Gasteiger partial charge in [-0.15, -0.1) is 12.4 Å². The first-order valence-corrected chi connectivity index (χ1v) is 10.6. The fraction of sp³-hybridized carbons (Fsp3) is 0.350. The Bertz CT molecular complexity index is 811. The van der Waals surface area contributed by atoms with E-state index in [0.29, 0.717) is 25.1 Å². The molecular weight excluding hydrogens is 384 g/mol. The van der Waals surface area contributed by atoms with E-state index >= 15 is 0 Å². The van der Waals surface area contributed by atoms with Crippen molar-refractivity contribution in [1.29, 1.82) is 0 Å². The second-order valence-corrected chi connectivity index (χ2v) is 8.35. The molecule has 0 heterocycles. The van der Waals surface area contributed by atoms with Gasteiger partial charge in [0.1, 0.15) is 5.75 Å². The summed E-state index contributed by atoms with van der Waals surface area (Å²) in [6.45, 7) is 3.44. The smallest absolute Gasteiger partial charge is 0.239 e. The Kier molecular flexibility index (Phi) is 10.1. The van der Waals surface area contributed by atoms with Crippen LogP contribution in [0.15, 0.2) is 54.6 Å². The number of amides is 1. The van der Waals surface area contributed by atoms with Crippen LogP contribution < -0.4 is 10.6 Å². The Hall–Kier alpha value is -1.89. The SMILES string of the molecule is CCNCc1ccccc1NC(=O)CS(=O)(=O)CCCc1ccccc1.Cl. The van der Waals surface area contributed by atoms with E-state index in [-0.39, 0.29) is 18.2 Å². The first kappa shape index (κ1) is 23.1. The molecule has 5 nitrogen and oxygen atoms in total. The molecule has 7 heteroatoms. The summed E-state index contributed by atoms with van der Waals surface area (Å²) in [4.78, 5) is 12.2. The lowest BCUT2D eigenvalue weighted by Crippen LogP contribution is -2.25. The molecule has 148 valence electrons. The van der Waals surface area contributed by atoms with Crippen LogP contribution in [0.5, 0.6) is 0 Å². The lowest BCUT2D eigenvalue weighted by molar-refractivity contribution is -0.113. The number of hydrogen-bond donors (Lipinski definition) is 2. The van der Waals surface area contributed by atoms with Crippen LogP contribution in [0.2, 0.25) is 0 Å². The molecule has 0 radical (unpaired) electrons. The van der Waals surface area contributed by atoms with Gasteiger partial charge in [-0.2, -0.15) is 0 Å². The number of carbonyl (C=O) groups is 1. The molecule has 0 bridgehead atoms. The number of hydrogen-bond acceptors (Lipinski definition) is 4. The first-order chi connectivity index (χ1) is 12.5. The van der Waals surface area contributed by atoms with Crippen molar-refractivity contribution in [2.45, 2.75) is 26.3 Å². The molecule has 1 amide bonds. The Balaban J connectivity index is 0.00000364. The van der Waals surface area contributed by atoms with Gasteiger partial charge in [-0.05, 0) is 36.6 Å². The predicted octanol–water partition coefficient (Wildman–Crippen LogP) is 3.20. The number of para-hydroxylation sites is 1. The highest BCUT2D eigenvalue weighted by Crippen LogP contribution is 2.15. The molecular formula is C20H27ClN2O3S. The third-order valence-corrected chi connectivity index (χ3v) is 5.58. The van der Waals surface area contributed by atoms with Crippen molar-refractivity contribution in [3.8, 4) is 0 Å². The van der Waals surface area contributed by atoms with Gasteiger partial charge in [-0.3, -0.25) is 4.79 Å². The third-order valence-electron chi connectivity index (χ3n) is 3.97. The lowest BCUT2D eigenvalue weighted by atomic mass is 10.1. The van der Waals surface area contributed by atoms with E-state index in [1.807, 2.05) is 55.5 Å². The van der Waals surface area contributed by atoms with Gasteiger partial charge < -0.3 is 10.6 Å². The standard InChI is InChI=1S/C20H26N2O3S.ClH/c1-2-21-15-18-12-6-7-13-19(18)22-20(23)16-26(24,25)14-8-11-17-9-4-3-5-10-17;/h3-7,9-10,12-13,21H,2,8,11,14-16H2,1H3,(H,22,23);1H. The van der Waals surface area contributed by atoms with Gasteiger partial charge in [0, 0.05) is 12.2 Å². The molecule has 27 heavy (non-hydrogen) atoms. The molecule has 0 atom stereocenters. The molecule has 0 saturated heterocycles. The number of rotatable bonds is 10. The summed E-state index contributed by atoms with van der Waals surface area (Å²) in [5.74, 6) is -0.972. The molecule has 0 fully saturated rings. The van der Waals surface area contributed by atoms with Crippen LogP contribution in [-0.2, 0) is 27.6 Å². The summed E-state index contributed by atoms with van der Waals surface area (Å²) in [7, 11) is -3.43. The molecule has 0 aliphatic carbocycles. The van der Waals surface area contributed by atoms with Crippen LogP contribution in [0.25, 0.3) is 0 Å². The van der Waals surface area contributed by atoms with E-state index in [1.165, 1.54) is 0 Å². The normalized spacial score (nSPS) is 10.9. The Morgan fingerprint density at radius 3 is 2.37 bits per heavy atom. The van der Waals surface area contributed by atoms with Crippen molar-refractivity contribution in [3.05, 3.63) is 65.7 Å². The number of sulfone groups is 1. The van der Waals surface area contributed by atoms with Crippen LogP contribution in [0.4, 0.5) is 5.69 Å². The summed E-state index contributed by atoms with van der Waals surface area (Å²) in [6.07, 6.45) is 1.20. The summed E-state index contributed by atoms with van der Waals surface area (Å²) >= 11 is 0. The van der Waals surface area contributed by atoms with Crippen LogP contribution in [0.3, 0.4) is 0 Å². The zero-order chi connectivity index (χ0) is 18.8. The molecule has 2 aromatic carbocycles. The first-order valence-electron chi connectivity index (χ1n) is 8.83. The van der Waals surface area contributed by atoms with Crippen LogP contribution >= 0.6 is 12.4 Å². The number of nitrogens with one attached hydrogen (secondary N) is 2. The lowest BCUT2D eigenvalue weighted by Gasteiger charge is -2.11. The van der Waals surface area contributed by atoms with Gasteiger partial charge in [0.2, 0.25) is 5.91 Å². The monoisotopic (exact) mass is 410 g/mol. The highest BCUT2D eigenvalue weighted by molar-refractivity contribution is 7.92. The second-order valence-electron chi connectivity index (χ2n) is 6.17. The maximum Gasteiger partial charge on any atom is 0.239 e. The summed E-state index contributed by atoms with van der Waals surface area (Å²) in [5, 5.41) is 5.93. The molecule has 0 aliphatic heterocycles. The second kappa shape index (κ2) is 11.7. The van der Waals surface area contributed by atoms with Crippen molar-refractivity contribution in [3.63, 3.8) is 0 Å². The van der Waals surface area contributed by atoms with Crippen molar-refractivity contribution in [2.24, 2.45) is 0 Å². The minimum Gasteiger partial charge on any atom is -0.325 e. The maximum absolute atomic E-state index is 12.2. The van der Waals surface area contributed by atoms with E-state index in [4.69, 9.17) is 0 Å². The molecule has 0 spiro atoms. The fourth-order valence-corrected chi connectivity index (χ4v) is 3.86. The zero-order valence-corrected chi connectivity index (χ0v) is 17.1. The minimum atomic E-state index is -3.43. The minimum absolute atomic E-state index is 0. The van der Waals surface area contributed by atoms with Crippen LogP contribution in [0.1, 0.15) is 24.5 Å². The third kappa shape index (κ3) is 8.56. The van der Waals surface area contributed by atoms with Crippen molar-refractivity contribution in [1.82, 2.24) is 5.32 Å². The molecule has 2 aromatic rings. The van der Waals surface area contributed by atoms with E-state index in [1.54, 1.807) is 6.07 Å². The quantitative estimate of drug-likeness (QED) is 0.630. The van der Waals surface area contributed by atoms with Gasteiger partial charge in [0.25, 0.3) is 0 Å². The number of halogens is 1. The van der Waals surface area contributed by atoms with E-state index in [9.17, 15) is 13.2 Å². The van der Waals surface area contributed by atoms with E-state index in [0.717, 1.165) is 17.7 Å². The van der Waals surface area contributed by atoms with Gasteiger partial charge >= 0.3 is 0 Å². The fourth-order valence-electron chi connectivity index (χ4n) is 2.66. The summed E-state index contributed by atoms with van der Waals surface area (Å²) in [6, 6.07) is 17.1. The molecule has 0 aromatic heterocycles. The van der Waals surface area contributed by atoms with Crippen molar-refractivity contribution < 1.29 is 13.2 Å². The molecule has 0 unspecified atom stereocenters. The number of benzene rings is 2. The highest BCUT2D eigenvalue weighted by atomic mass is 35.5. The average Bonchev–Trinajstić information content (AvgIpc) is 2.61. The van der Waals surface area contributed by atoms with E-state index < -0.39 is 21.5 Å².